The molecule has 0 amide bonds. The van der Waals surface area contributed by atoms with Crippen molar-refractivity contribution in [1.29, 1.82) is 0 Å². The maximum atomic E-state index is 4.65. The fourth-order valence-corrected chi connectivity index (χ4v) is 2.22. The Bertz CT molecular complexity index is 391. The first-order valence-corrected chi connectivity index (χ1v) is 7.51. The summed E-state index contributed by atoms with van der Waals surface area (Å²) in [5.41, 5.74) is 1.14. The van der Waals surface area contributed by atoms with Crippen LogP contribution in [0.25, 0.3) is 0 Å². The average molecular weight is 362 g/mol. The van der Waals surface area contributed by atoms with Crippen molar-refractivity contribution >= 4 is 34.4 Å². The molecule has 0 radical (unpaired) electrons. The van der Waals surface area contributed by atoms with E-state index in [1.807, 2.05) is 19.0 Å². The van der Waals surface area contributed by atoms with Gasteiger partial charge in [0.05, 0.1) is 9.26 Å². The molecule has 1 aromatic heterocycles. The number of nitrogens with zero attached hydrogens (tertiary/aromatic N) is 3. The highest BCUT2D eigenvalue weighted by atomic mass is 127. The summed E-state index contributed by atoms with van der Waals surface area (Å²) in [7, 11) is 3.95. The van der Waals surface area contributed by atoms with Crippen molar-refractivity contribution in [3.63, 3.8) is 0 Å². The van der Waals surface area contributed by atoms with Gasteiger partial charge in [0.25, 0.3) is 0 Å². The molecule has 0 spiro atoms. The largest absolute Gasteiger partial charge is 0.369 e. The Hall–Kier alpha value is -0.590. The maximum absolute atomic E-state index is 4.65. The summed E-state index contributed by atoms with van der Waals surface area (Å²) < 4.78 is 1.15. The molecule has 5 heteroatoms. The fraction of sp³-hybridized carbons (Fsp3) is 0.692. The van der Waals surface area contributed by atoms with Gasteiger partial charge in [-0.1, -0.05) is 20.8 Å². The molecule has 4 nitrogen and oxygen atoms in total. The summed E-state index contributed by atoms with van der Waals surface area (Å²) in [6, 6.07) is 0. The van der Waals surface area contributed by atoms with Crippen LogP contribution in [0.3, 0.4) is 0 Å². The number of halogens is 1. The van der Waals surface area contributed by atoms with Gasteiger partial charge in [0.1, 0.15) is 5.82 Å². The predicted molar refractivity (Wildman–Crippen MR) is 86.4 cm³/mol. The van der Waals surface area contributed by atoms with E-state index in [-0.39, 0.29) is 0 Å². The van der Waals surface area contributed by atoms with Crippen LogP contribution in [0.5, 0.6) is 0 Å². The molecule has 102 valence electrons. The topological polar surface area (TPSA) is 41.1 Å². The zero-order valence-electron chi connectivity index (χ0n) is 11.9. The third-order valence-corrected chi connectivity index (χ3v) is 3.59. The molecule has 0 atom stereocenters. The minimum Gasteiger partial charge on any atom is -0.369 e. The molecular weight excluding hydrogens is 339 g/mol. The first-order valence-electron chi connectivity index (χ1n) is 6.43. The Kier molecular flexibility index (Phi) is 6.11. The zero-order valence-corrected chi connectivity index (χ0v) is 14.1. The maximum Gasteiger partial charge on any atom is 0.227 e. The summed E-state index contributed by atoms with van der Waals surface area (Å²) in [5.74, 6) is 2.35. The molecule has 0 aliphatic carbocycles. The van der Waals surface area contributed by atoms with Crippen molar-refractivity contribution in [3.05, 3.63) is 9.26 Å². The lowest BCUT2D eigenvalue weighted by Gasteiger charge is -2.17. The molecule has 0 aromatic carbocycles. The molecule has 0 saturated carbocycles. The second-order valence-electron chi connectivity index (χ2n) is 5.05. The Morgan fingerprint density at radius 1 is 1.28 bits per heavy atom. The van der Waals surface area contributed by atoms with Gasteiger partial charge in [0.15, 0.2) is 0 Å². The van der Waals surface area contributed by atoms with E-state index in [0.29, 0.717) is 5.92 Å². The van der Waals surface area contributed by atoms with E-state index in [9.17, 15) is 0 Å². The van der Waals surface area contributed by atoms with Crippen molar-refractivity contribution in [1.82, 2.24) is 9.97 Å². The summed E-state index contributed by atoms with van der Waals surface area (Å²) in [4.78, 5) is 11.2. The number of anilines is 2. The van der Waals surface area contributed by atoms with Gasteiger partial charge in [-0.15, -0.1) is 0 Å². The molecule has 0 aliphatic heterocycles. The van der Waals surface area contributed by atoms with Gasteiger partial charge < -0.3 is 10.2 Å². The predicted octanol–water partition coefficient (Wildman–Crippen LogP) is 3.17. The number of nitrogens with one attached hydrogen (secondary N) is 1. The average Bonchev–Trinajstić information content (AvgIpc) is 2.29. The molecule has 1 heterocycles. The molecule has 0 aliphatic rings. The van der Waals surface area contributed by atoms with Crippen LogP contribution in [0.15, 0.2) is 0 Å². The van der Waals surface area contributed by atoms with Gasteiger partial charge in [-0.05, 0) is 41.4 Å². The normalized spacial score (nSPS) is 10.8. The van der Waals surface area contributed by atoms with Crippen molar-refractivity contribution in [2.75, 3.05) is 30.9 Å². The molecule has 0 saturated heterocycles. The standard InChI is InChI=1S/C13H23IN4/c1-6-7-15-12-11(14)10(8-9(2)3)16-13(17-12)18(4)5/h9H,6-8H2,1-5H3,(H,15,16,17). The van der Waals surface area contributed by atoms with Gasteiger partial charge in [0.2, 0.25) is 5.95 Å². The first-order chi connectivity index (χ1) is 8.45. The Morgan fingerprint density at radius 3 is 2.44 bits per heavy atom. The molecule has 1 aromatic rings. The number of hydrogen-bond donors (Lipinski definition) is 1. The minimum absolute atomic E-state index is 0.599. The summed E-state index contributed by atoms with van der Waals surface area (Å²) >= 11 is 2.35. The third kappa shape index (κ3) is 4.26. The lowest BCUT2D eigenvalue weighted by atomic mass is 10.1. The summed E-state index contributed by atoms with van der Waals surface area (Å²) in [5, 5.41) is 3.39. The van der Waals surface area contributed by atoms with Crippen LogP contribution < -0.4 is 10.2 Å². The Labute approximate surface area is 124 Å². The fourth-order valence-electron chi connectivity index (χ4n) is 1.56. The lowest BCUT2D eigenvalue weighted by molar-refractivity contribution is 0.631. The van der Waals surface area contributed by atoms with Crippen LogP contribution in [0.1, 0.15) is 32.9 Å². The van der Waals surface area contributed by atoms with Gasteiger partial charge in [-0.2, -0.15) is 4.98 Å². The van der Waals surface area contributed by atoms with Crippen molar-refractivity contribution in [2.24, 2.45) is 5.92 Å². The number of hydrogen-bond acceptors (Lipinski definition) is 4. The highest BCUT2D eigenvalue weighted by Crippen LogP contribution is 2.24. The second kappa shape index (κ2) is 7.11. The molecule has 18 heavy (non-hydrogen) atoms. The summed E-state index contributed by atoms with van der Waals surface area (Å²) in [6.07, 6.45) is 2.08. The third-order valence-electron chi connectivity index (χ3n) is 2.45. The van der Waals surface area contributed by atoms with Gasteiger partial charge >= 0.3 is 0 Å². The number of aromatic nitrogens is 2. The van der Waals surface area contributed by atoms with Crippen molar-refractivity contribution in [2.45, 2.75) is 33.6 Å². The molecule has 0 fully saturated rings. The first kappa shape index (κ1) is 15.5. The van der Waals surface area contributed by atoms with Crippen LogP contribution in [-0.4, -0.2) is 30.6 Å². The molecular formula is C13H23IN4. The highest BCUT2D eigenvalue weighted by molar-refractivity contribution is 14.1. The van der Waals surface area contributed by atoms with E-state index in [0.717, 1.165) is 40.4 Å². The molecule has 1 rings (SSSR count). The minimum atomic E-state index is 0.599. The van der Waals surface area contributed by atoms with Crippen LogP contribution >= 0.6 is 22.6 Å². The lowest BCUT2D eigenvalue weighted by Crippen LogP contribution is -2.17. The van der Waals surface area contributed by atoms with Crippen LogP contribution in [0.4, 0.5) is 11.8 Å². The number of rotatable bonds is 6. The van der Waals surface area contributed by atoms with E-state index < -0.39 is 0 Å². The quantitative estimate of drug-likeness (QED) is 0.790. The Morgan fingerprint density at radius 2 is 1.94 bits per heavy atom. The molecule has 0 unspecified atom stereocenters. The van der Waals surface area contributed by atoms with Crippen molar-refractivity contribution < 1.29 is 0 Å². The van der Waals surface area contributed by atoms with E-state index in [4.69, 9.17) is 0 Å². The van der Waals surface area contributed by atoms with Gasteiger partial charge in [0, 0.05) is 20.6 Å². The summed E-state index contributed by atoms with van der Waals surface area (Å²) in [6.45, 7) is 7.53. The van der Waals surface area contributed by atoms with Crippen LogP contribution in [0.2, 0.25) is 0 Å². The van der Waals surface area contributed by atoms with Crippen LogP contribution in [-0.2, 0) is 6.42 Å². The van der Waals surface area contributed by atoms with E-state index in [1.165, 1.54) is 0 Å². The monoisotopic (exact) mass is 362 g/mol. The van der Waals surface area contributed by atoms with Crippen LogP contribution in [0, 0.1) is 9.49 Å². The van der Waals surface area contributed by atoms with Gasteiger partial charge in [-0.25, -0.2) is 4.98 Å². The zero-order chi connectivity index (χ0) is 13.7. The van der Waals surface area contributed by atoms with E-state index >= 15 is 0 Å². The SMILES string of the molecule is CCCNc1nc(N(C)C)nc(CC(C)C)c1I. The van der Waals surface area contributed by atoms with Crippen molar-refractivity contribution in [3.8, 4) is 0 Å². The van der Waals surface area contributed by atoms with E-state index in [1.54, 1.807) is 0 Å². The molecule has 1 N–H and O–H groups in total. The molecule has 0 bridgehead atoms. The second-order valence-corrected chi connectivity index (χ2v) is 6.13. The highest BCUT2D eigenvalue weighted by Gasteiger charge is 2.14. The Balaban J connectivity index is 3.11. The smallest absolute Gasteiger partial charge is 0.227 e. The van der Waals surface area contributed by atoms with E-state index in [2.05, 4.69) is 58.6 Å². The van der Waals surface area contributed by atoms with Gasteiger partial charge in [-0.3, -0.25) is 0 Å².